The highest BCUT2D eigenvalue weighted by Gasteiger charge is 2.52. The lowest BCUT2D eigenvalue weighted by molar-refractivity contribution is 1.25. The van der Waals surface area contributed by atoms with Crippen LogP contribution in [0.1, 0.15) is 0 Å². The molecule has 10 rings (SSSR count). The van der Waals surface area contributed by atoms with Gasteiger partial charge >= 0.3 is 0 Å². The molecule has 1 atom stereocenters. The van der Waals surface area contributed by atoms with Gasteiger partial charge in [-0.25, -0.2) is 0 Å². The first-order chi connectivity index (χ1) is 24.2. The summed E-state index contributed by atoms with van der Waals surface area (Å²) in [6, 6.07) is 64.4. The third-order valence-electron chi connectivity index (χ3n) is 10.5. The van der Waals surface area contributed by atoms with Crippen LogP contribution in [0.25, 0.3) is 21.5 Å². The number of para-hydroxylation sites is 3. The fourth-order valence-electron chi connectivity index (χ4n) is 8.40. The number of rotatable bonds is 4. The summed E-state index contributed by atoms with van der Waals surface area (Å²) in [5.41, 5.74) is 9.63. The van der Waals surface area contributed by atoms with E-state index in [2.05, 4.69) is 198 Å². The van der Waals surface area contributed by atoms with Gasteiger partial charge < -0.3 is 15.1 Å². The van der Waals surface area contributed by atoms with Crippen LogP contribution in [0.15, 0.2) is 176 Å². The predicted molar refractivity (Wildman–Crippen MR) is 211 cm³/mol. The van der Waals surface area contributed by atoms with Crippen molar-refractivity contribution in [2.75, 3.05) is 15.1 Å². The van der Waals surface area contributed by atoms with Crippen LogP contribution in [0.3, 0.4) is 0 Å². The second-order valence-electron chi connectivity index (χ2n) is 13.2. The number of nitrogens with one attached hydrogen (secondary N) is 1. The molecule has 3 nitrogen and oxygen atoms in total. The quantitative estimate of drug-likeness (QED) is 0.193. The molecule has 0 saturated heterocycles. The Kier molecular flexibility index (Phi) is 6.11. The van der Waals surface area contributed by atoms with Crippen LogP contribution in [-0.4, -0.2) is 8.07 Å². The molecule has 2 aliphatic rings. The number of fused-ring (bicyclic) bond motifs is 6. The summed E-state index contributed by atoms with van der Waals surface area (Å²) in [5, 5.41) is 13.3. The van der Waals surface area contributed by atoms with E-state index in [4.69, 9.17) is 0 Å². The average molecular weight is 644 g/mol. The zero-order chi connectivity index (χ0) is 32.5. The van der Waals surface area contributed by atoms with Gasteiger partial charge in [-0.3, -0.25) is 0 Å². The molecule has 1 unspecified atom stereocenters. The summed E-state index contributed by atoms with van der Waals surface area (Å²) < 4.78 is 0. The van der Waals surface area contributed by atoms with Crippen molar-refractivity contribution < 1.29 is 0 Å². The van der Waals surface area contributed by atoms with Crippen LogP contribution in [0.4, 0.5) is 45.5 Å². The molecule has 8 aromatic rings. The lowest BCUT2D eigenvalue weighted by atomic mass is 10.0. The molecule has 0 aromatic heterocycles. The minimum absolute atomic E-state index is 1.09. The van der Waals surface area contributed by atoms with Crippen LogP contribution in [0.5, 0.6) is 0 Å². The summed E-state index contributed by atoms with van der Waals surface area (Å²) in [4.78, 5) is 5.02. The maximum Gasteiger partial charge on any atom is 0.159 e. The molecule has 0 saturated carbocycles. The van der Waals surface area contributed by atoms with E-state index in [9.17, 15) is 0 Å². The number of nitrogens with zero attached hydrogens (tertiary/aromatic N) is 2. The molecule has 0 fully saturated rings. The first-order valence-corrected chi connectivity index (χ1v) is 19.5. The van der Waals surface area contributed by atoms with Gasteiger partial charge in [0.25, 0.3) is 0 Å². The van der Waals surface area contributed by atoms with Gasteiger partial charge in [0.2, 0.25) is 0 Å². The SMILES string of the molecule is C[Si]12c3cc4ccccc4cc3N(c3ccccc3)c3cccc(c31)N(c1ccccc1)c1cc3ccccc3c(Nc3ccccc3)c12. The second-order valence-corrected chi connectivity index (χ2v) is 17.0. The zero-order valence-electron chi connectivity index (χ0n) is 27.1. The van der Waals surface area contributed by atoms with E-state index in [1.54, 1.807) is 0 Å². The van der Waals surface area contributed by atoms with Crippen LogP contribution in [0.2, 0.25) is 6.55 Å². The Morgan fingerprint density at radius 2 is 0.939 bits per heavy atom. The Hall–Kier alpha value is -6.10. The highest BCUT2D eigenvalue weighted by molar-refractivity contribution is 7.15. The molecule has 2 heterocycles. The largest absolute Gasteiger partial charge is 0.355 e. The molecule has 1 N–H and O–H groups in total. The highest BCUT2D eigenvalue weighted by atomic mass is 28.3. The van der Waals surface area contributed by atoms with Crippen molar-refractivity contribution in [1.82, 2.24) is 0 Å². The van der Waals surface area contributed by atoms with Gasteiger partial charge in [-0.05, 0) is 92.4 Å². The van der Waals surface area contributed by atoms with Crippen molar-refractivity contribution in [1.29, 1.82) is 0 Å². The number of benzene rings is 8. The van der Waals surface area contributed by atoms with Crippen molar-refractivity contribution in [2.24, 2.45) is 0 Å². The van der Waals surface area contributed by atoms with Gasteiger partial charge in [-0.15, -0.1) is 0 Å². The molecular formula is C45H33N3Si. The van der Waals surface area contributed by atoms with E-state index in [0.717, 1.165) is 11.4 Å². The maximum absolute atomic E-state index is 4.02. The van der Waals surface area contributed by atoms with Gasteiger partial charge in [0, 0.05) is 50.9 Å². The Bertz CT molecular complexity index is 2540. The molecule has 49 heavy (non-hydrogen) atoms. The van der Waals surface area contributed by atoms with E-state index < -0.39 is 8.07 Å². The highest BCUT2D eigenvalue weighted by Crippen LogP contribution is 2.49. The second kappa shape index (κ2) is 10.7. The van der Waals surface area contributed by atoms with Gasteiger partial charge in [-0.2, -0.15) is 0 Å². The normalized spacial score (nSPS) is 15.9. The van der Waals surface area contributed by atoms with Crippen LogP contribution < -0.4 is 30.7 Å². The van der Waals surface area contributed by atoms with E-state index in [0.29, 0.717) is 0 Å². The van der Waals surface area contributed by atoms with Gasteiger partial charge in [0.05, 0.1) is 0 Å². The maximum atomic E-state index is 4.02. The fourth-order valence-corrected chi connectivity index (χ4v) is 13.1. The Morgan fingerprint density at radius 3 is 1.59 bits per heavy atom. The first kappa shape index (κ1) is 28.0. The summed E-state index contributed by atoms with van der Waals surface area (Å²) in [6.45, 7) is 2.59. The average Bonchev–Trinajstić information content (AvgIpc) is 3.15. The first-order valence-electron chi connectivity index (χ1n) is 17.0. The monoisotopic (exact) mass is 643 g/mol. The molecular weight excluding hydrogens is 611 g/mol. The molecule has 2 aliphatic heterocycles. The topological polar surface area (TPSA) is 18.5 Å². The Balaban J connectivity index is 1.40. The molecule has 0 radical (unpaired) electrons. The molecule has 0 aliphatic carbocycles. The van der Waals surface area contributed by atoms with Gasteiger partial charge in [0.15, 0.2) is 8.07 Å². The van der Waals surface area contributed by atoms with E-state index in [-0.39, 0.29) is 0 Å². The summed E-state index contributed by atoms with van der Waals surface area (Å²) >= 11 is 0. The minimum atomic E-state index is -2.76. The van der Waals surface area contributed by atoms with Crippen LogP contribution >= 0.6 is 0 Å². The van der Waals surface area contributed by atoms with Crippen molar-refractivity contribution in [3.8, 4) is 0 Å². The van der Waals surface area contributed by atoms with Crippen LogP contribution in [0, 0.1) is 0 Å². The lowest BCUT2D eigenvalue weighted by Gasteiger charge is -2.50. The summed E-state index contributed by atoms with van der Waals surface area (Å²) in [5.74, 6) is 0. The Morgan fingerprint density at radius 1 is 0.429 bits per heavy atom. The predicted octanol–water partition coefficient (Wildman–Crippen LogP) is 10.4. The van der Waals surface area contributed by atoms with Crippen molar-refractivity contribution >= 4 is 90.7 Å². The van der Waals surface area contributed by atoms with Gasteiger partial charge in [0.1, 0.15) is 0 Å². The number of anilines is 8. The van der Waals surface area contributed by atoms with E-state index in [1.165, 1.54) is 71.2 Å². The van der Waals surface area contributed by atoms with Crippen molar-refractivity contribution in [3.05, 3.63) is 176 Å². The third kappa shape index (κ3) is 4.08. The van der Waals surface area contributed by atoms with E-state index in [1.807, 2.05) is 0 Å². The molecule has 0 amide bonds. The molecule has 232 valence electrons. The van der Waals surface area contributed by atoms with Crippen LogP contribution in [-0.2, 0) is 0 Å². The smallest absolute Gasteiger partial charge is 0.159 e. The minimum Gasteiger partial charge on any atom is -0.355 e. The number of hydrogen-bond donors (Lipinski definition) is 1. The zero-order valence-corrected chi connectivity index (χ0v) is 28.1. The molecule has 4 heteroatoms. The Labute approximate surface area is 287 Å². The standard InChI is InChI=1S/C45H33N3Si/c1-49-42-30-32-17-12-11-16-31(32)28-40(42)47(35-21-7-3-8-22-35)38-26-15-27-39(44(38)49)48(36-23-9-4-10-24-36)41-29-33-18-13-14-25-37(33)43(45(41)49)46-34-19-5-2-6-20-34/h2-30,46H,1H3. The third-order valence-corrected chi connectivity index (χ3v) is 15.0. The lowest BCUT2D eigenvalue weighted by Crippen LogP contribution is -2.71. The molecule has 0 spiro atoms. The van der Waals surface area contributed by atoms with E-state index >= 15 is 0 Å². The number of hydrogen-bond acceptors (Lipinski definition) is 3. The summed E-state index contributed by atoms with van der Waals surface area (Å²) in [6.07, 6.45) is 0. The summed E-state index contributed by atoms with van der Waals surface area (Å²) in [7, 11) is -2.76. The van der Waals surface area contributed by atoms with Crippen molar-refractivity contribution in [3.63, 3.8) is 0 Å². The van der Waals surface area contributed by atoms with Gasteiger partial charge in [-0.1, -0.05) is 122 Å². The molecule has 8 aromatic carbocycles. The van der Waals surface area contributed by atoms with Crippen molar-refractivity contribution in [2.45, 2.75) is 6.55 Å². The fraction of sp³-hybridized carbons (Fsp3) is 0.0222. The molecule has 0 bridgehead atoms.